The normalized spacial score (nSPS) is 12.7. The fraction of sp³-hybridized carbons (Fsp3) is 0.107. The van der Waals surface area contributed by atoms with Crippen LogP contribution >= 0.6 is 0 Å². The molecular formula is C28H21F5O5S2. The highest BCUT2D eigenvalue weighted by atomic mass is 32.2. The minimum atomic E-state index is -6.69. The molecule has 0 saturated heterocycles. The first-order valence-electron chi connectivity index (χ1n) is 11.4. The van der Waals surface area contributed by atoms with E-state index < -0.39 is 39.2 Å². The van der Waals surface area contributed by atoms with E-state index in [9.17, 15) is 39.7 Å². The summed E-state index contributed by atoms with van der Waals surface area (Å²) in [4.78, 5) is 15.4. The average Bonchev–Trinajstić information content (AvgIpc) is 2.93. The maximum absolute atomic E-state index is 13.1. The molecule has 0 spiro atoms. The third kappa shape index (κ3) is 7.90. The number of rotatable bonds is 7. The lowest BCUT2D eigenvalue weighted by Crippen LogP contribution is -2.52. The Kier molecular flexibility index (Phi) is 10.1. The van der Waals surface area contributed by atoms with Crippen molar-refractivity contribution in [3.63, 3.8) is 0 Å². The zero-order chi connectivity index (χ0) is 29.4. The fourth-order valence-corrected chi connectivity index (χ4v) is 5.83. The molecule has 0 amide bonds. The Hall–Kier alpha value is -3.74. The van der Waals surface area contributed by atoms with E-state index in [0.717, 1.165) is 12.1 Å². The minimum absolute atomic E-state index is 0.0146. The van der Waals surface area contributed by atoms with Gasteiger partial charge in [-0.2, -0.15) is 22.0 Å². The first kappa shape index (κ1) is 30.8. The maximum Gasteiger partial charge on any atom is 0.432 e. The highest BCUT2D eigenvalue weighted by Gasteiger charge is 2.63. The predicted octanol–water partition coefficient (Wildman–Crippen LogP) is 6.69. The Morgan fingerprint density at radius 1 is 0.650 bits per heavy atom. The highest BCUT2D eigenvalue weighted by Crippen LogP contribution is 2.38. The summed E-state index contributed by atoms with van der Waals surface area (Å²) in [6, 6.07) is 37.9. The van der Waals surface area contributed by atoms with Crippen LogP contribution in [0.1, 0.15) is 10.4 Å². The number of benzene rings is 4. The van der Waals surface area contributed by atoms with Gasteiger partial charge in [0.05, 0.1) is 16.5 Å². The van der Waals surface area contributed by atoms with E-state index in [0.29, 0.717) is 0 Å². The van der Waals surface area contributed by atoms with Gasteiger partial charge in [-0.05, 0) is 48.5 Å². The lowest BCUT2D eigenvalue weighted by Gasteiger charge is -2.29. The average molecular weight is 597 g/mol. The zero-order valence-corrected chi connectivity index (χ0v) is 22.0. The maximum atomic E-state index is 13.1. The molecule has 0 aromatic heterocycles. The summed E-state index contributed by atoms with van der Waals surface area (Å²) in [5.41, 5.74) is -0.522. The van der Waals surface area contributed by atoms with Crippen molar-refractivity contribution in [3.05, 3.63) is 127 Å². The highest BCUT2D eigenvalue weighted by molar-refractivity contribution is 7.97. The van der Waals surface area contributed by atoms with Crippen LogP contribution in [0.3, 0.4) is 0 Å². The van der Waals surface area contributed by atoms with Crippen LogP contribution in [0.15, 0.2) is 136 Å². The summed E-state index contributed by atoms with van der Waals surface area (Å²) < 4.78 is 97.8. The summed E-state index contributed by atoms with van der Waals surface area (Å²) in [6.07, 6.45) is -10.4. The van der Waals surface area contributed by atoms with Gasteiger partial charge in [-0.3, -0.25) is 0 Å². The molecule has 4 aromatic rings. The predicted molar refractivity (Wildman–Crippen MR) is 138 cm³/mol. The SMILES string of the molecule is O=C(OC(C(F)(F)F)C(F)(F)S(=O)(=O)[O-])c1ccccc1.c1ccc([S+](c2ccccc2)c2ccccc2)cc1. The van der Waals surface area contributed by atoms with Crippen molar-refractivity contribution in [3.8, 4) is 0 Å². The van der Waals surface area contributed by atoms with Crippen molar-refractivity contribution in [2.75, 3.05) is 0 Å². The molecule has 0 aliphatic carbocycles. The van der Waals surface area contributed by atoms with Crippen LogP contribution in [0.5, 0.6) is 0 Å². The van der Waals surface area contributed by atoms with Gasteiger partial charge >= 0.3 is 17.4 Å². The number of ether oxygens (including phenoxy) is 1. The number of alkyl halides is 5. The Morgan fingerprint density at radius 3 is 1.27 bits per heavy atom. The van der Waals surface area contributed by atoms with E-state index in [4.69, 9.17) is 0 Å². The standard InChI is InChI=1S/C18H15S.C10H7F5O5S/c1-4-10-16(11-5-1)19(17-12-6-2-7-13-17)18-14-8-3-9-15-18;11-9(12,13)8(10(14,15)21(17,18)19)20-7(16)6-4-2-1-3-5-6/h1-15H;1-5,8H,(H,17,18,19)/q+1;/p-1. The van der Waals surface area contributed by atoms with Crippen molar-refractivity contribution in [2.24, 2.45) is 0 Å². The van der Waals surface area contributed by atoms with E-state index in [1.54, 1.807) is 0 Å². The largest absolute Gasteiger partial charge is 0.743 e. The van der Waals surface area contributed by atoms with Gasteiger partial charge in [-0.15, -0.1) is 0 Å². The number of hydrogen-bond donors (Lipinski definition) is 0. The second kappa shape index (κ2) is 13.1. The van der Waals surface area contributed by atoms with Crippen molar-refractivity contribution in [1.82, 2.24) is 0 Å². The van der Waals surface area contributed by atoms with Gasteiger partial charge in [0.2, 0.25) is 0 Å². The van der Waals surface area contributed by atoms with Crippen molar-refractivity contribution >= 4 is 27.0 Å². The molecule has 1 atom stereocenters. The molecule has 5 nitrogen and oxygen atoms in total. The molecule has 0 heterocycles. The molecule has 12 heteroatoms. The van der Waals surface area contributed by atoms with Gasteiger partial charge in [0.15, 0.2) is 24.8 Å². The molecule has 1 unspecified atom stereocenters. The van der Waals surface area contributed by atoms with Crippen LogP contribution in [0, 0.1) is 0 Å². The zero-order valence-electron chi connectivity index (χ0n) is 20.4. The van der Waals surface area contributed by atoms with Gasteiger partial charge in [0.25, 0.3) is 6.10 Å². The van der Waals surface area contributed by atoms with Crippen LogP contribution in [0.25, 0.3) is 0 Å². The Labute approximate surface area is 230 Å². The van der Waals surface area contributed by atoms with Crippen molar-refractivity contribution in [2.45, 2.75) is 32.2 Å². The molecule has 210 valence electrons. The lowest BCUT2D eigenvalue weighted by molar-refractivity contribution is -0.248. The summed E-state index contributed by atoms with van der Waals surface area (Å²) >= 11 is 0. The Balaban J connectivity index is 0.000000221. The van der Waals surface area contributed by atoms with Crippen LogP contribution in [-0.2, 0) is 25.7 Å². The van der Waals surface area contributed by atoms with Crippen molar-refractivity contribution < 1.29 is 44.5 Å². The molecule has 0 aliphatic rings. The number of hydrogen-bond acceptors (Lipinski definition) is 5. The quantitative estimate of drug-likeness (QED) is 0.103. The van der Waals surface area contributed by atoms with Gasteiger partial charge in [0.1, 0.15) is 0 Å². The monoisotopic (exact) mass is 596 g/mol. The summed E-state index contributed by atoms with van der Waals surface area (Å²) in [5, 5.41) is -5.85. The summed E-state index contributed by atoms with van der Waals surface area (Å²) in [6.45, 7) is 0. The molecule has 0 saturated carbocycles. The summed E-state index contributed by atoms with van der Waals surface area (Å²) in [5.74, 6) is -1.85. The molecule has 40 heavy (non-hydrogen) atoms. The smallest absolute Gasteiger partial charge is 0.432 e. The second-order valence-electron chi connectivity index (χ2n) is 7.95. The van der Waals surface area contributed by atoms with Gasteiger partial charge in [0, 0.05) is 0 Å². The number of carbonyl (C=O) groups excluding carboxylic acids is 1. The van der Waals surface area contributed by atoms with Crippen molar-refractivity contribution in [1.29, 1.82) is 0 Å². The Morgan fingerprint density at radius 2 is 0.975 bits per heavy atom. The van der Waals surface area contributed by atoms with E-state index >= 15 is 0 Å². The molecule has 4 aromatic carbocycles. The van der Waals surface area contributed by atoms with Gasteiger partial charge in [-0.25, -0.2) is 13.2 Å². The van der Waals surface area contributed by atoms with E-state index in [-0.39, 0.29) is 10.9 Å². The molecule has 0 bridgehead atoms. The molecule has 4 rings (SSSR count). The molecule has 0 aliphatic heterocycles. The van der Waals surface area contributed by atoms with Crippen LogP contribution < -0.4 is 0 Å². The fourth-order valence-electron chi connectivity index (χ4n) is 3.28. The third-order valence-electron chi connectivity index (χ3n) is 5.11. The van der Waals surface area contributed by atoms with Crippen LogP contribution in [0.2, 0.25) is 0 Å². The molecule has 0 radical (unpaired) electrons. The second-order valence-corrected chi connectivity index (χ2v) is 11.4. The molecule has 0 fully saturated rings. The topological polar surface area (TPSA) is 83.5 Å². The number of halogens is 5. The number of esters is 1. The van der Waals surface area contributed by atoms with Gasteiger partial charge < -0.3 is 9.29 Å². The Bertz CT molecular complexity index is 1380. The summed E-state index contributed by atoms with van der Waals surface area (Å²) in [7, 11) is -6.71. The molecular weight excluding hydrogens is 575 g/mol. The lowest BCUT2D eigenvalue weighted by atomic mass is 10.2. The van der Waals surface area contributed by atoms with E-state index in [1.807, 2.05) is 0 Å². The third-order valence-corrected chi connectivity index (χ3v) is 8.22. The first-order valence-corrected chi connectivity index (χ1v) is 14.0. The van der Waals surface area contributed by atoms with E-state index in [1.165, 1.54) is 32.9 Å². The van der Waals surface area contributed by atoms with Crippen LogP contribution in [0.4, 0.5) is 22.0 Å². The van der Waals surface area contributed by atoms with Gasteiger partial charge in [-0.1, -0.05) is 72.8 Å². The first-order chi connectivity index (χ1) is 18.8. The minimum Gasteiger partial charge on any atom is -0.743 e. The molecule has 0 N–H and O–H groups in total. The number of carbonyl (C=O) groups is 1. The van der Waals surface area contributed by atoms with Crippen LogP contribution in [-0.4, -0.2) is 36.5 Å². The van der Waals surface area contributed by atoms with E-state index in [2.05, 4.69) is 95.7 Å².